The zero-order valence-corrected chi connectivity index (χ0v) is 17.0. The molecule has 3 aromatic rings. The molecule has 8 heteroatoms. The molecule has 0 radical (unpaired) electrons. The fourth-order valence-corrected chi connectivity index (χ4v) is 4.07. The third kappa shape index (κ3) is 4.95. The number of benzene rings is 1. The van der Waals surface area contributed by atoms with Crippen molar-refractivity contribution < 1.29 is 19.4 Å². The summed E-state index contributed by atoms with van der Waals surface area (Å²) in [5, 5.41) is 19.3. The second-order valence-corrected chi connectivity index (χ2v) is 8.19. The van der Waals surface area contributed by atoms with E-state index in [1.54, 1.807) is 23.5 Å². The number of aromatic nitrogens is 2. The van der Waals surface area contributed by atoms with E-state index in [0.29, 0.717) is 17.2 Å². The van der Waals surface area contributed by atoms with Crippen molar-refractivity contribution in [1.82, 2.24) is 9.97 Å². The number of aliphatic hydroxyl groups is 2. The van der Waals surface area contributed by atoms with Gasteiger partial charge in [-0.1, -0.05) is 11.3 Å². The summed E-state index contributed by atoms with van der Waals surface area (Å²) in [6.07, 6.45) is 9.49. The SMILES string of the molecule is OCC(CO)COc1ccc2nc(C=Cc3cnc(N4CCCCC4)s3)oc2c1. The molecular formula is C21H25N3O4S. The predicted molar refractivity (Wildman–Crippen MR) is 114 cm³/mol. The van der Waals surface area contributed by atoms with Gasteiger partial charge in [0.15, 0.2) is 10.7 Å². The van der Waals surface area contributed by atoms with Gasteiger partial charge in [0.25, 0.3) is 0 Å². The molecule has 29 heavy (non-hydrogen) atoms. The van der Waals surface area contributed by atoms with Crippen molar-refractivity contribution in [2.24, 2.45) is 5.92 Å². The van der Waals surface area contributed by atoms with Crippen LogP contribution in [0.5, 0.6) is 5.75 Å². The molecule has 1 aliphatic heterocycles. The fraction of sp³-hybridized carbons (Fsp3) is 0.429. The van der Waals surface area contributed by atoms with E-state index in [9.17, 15) is 0 Å². The minimum absolute atomic E-state index is 0.118. The van der Waals surface area contributed by atoms with Crippen molar-refractivity contribution in [2.45, 2.75) is 19.3 Å². The maximum atomic E-state index is 9.13. The Kier molecular flexibility index (Phi) is 6.43. The van der Waals surface area contributed by atoms with Gasteiger partial charge in [0.2, 0.25) is 5.89 Å². The van der Waals surface area contributed by atoms with Gasteiger partial charge in [0.1, 0.15) is 11.3 Å². The van der Waals surface area contributed by atoms with E-state index in [-0.39, 0.29) is 25.7 Å². The van der Waals surface area contributed by atoms with E-state index in [2.05, 4.69) is 14.9 Å². The molecule has 154 valence electrons. The molecule has 0 unspecified atom stereocenters. The van der Waals surface area contributed by atoms with Crippen LogP contribution in [-0.4, -0.2) is 53.1 Å². The summed E-state index contributed by atoms with van der Waals surface area (Å²) in [7, 11) is 0. The van der Waals surface area contributed by atoms with Crippen LogP contribution >= 0.6 is 11.3 Å². The van der Waals surface area contributed by atoms with Crippen LogP contribution in [0.3, 0.4) is 0 Å². The first kappa shape index (κ1) is 19.9. The zero-order chi connectivity index (χ0) is 20.1. The molecule has 1 aromatic carbocycles. The lowest BCUT2D eigenvalue weighted by Gasteiger charge is -2.25. The molecule has 2 N–H and O–H groups in total. The number of oxazole rings is 1. The Balaban J connectivity index is 1.42. The molecule has 2 aromatic heterocycles. The number of nitrogens with zero attached hydrogens (tertiary/aromatic N) is 3. The molecule has 1 fully saturated rings. The number of piperidine rings is 1. The lowest BCUT2D eigenvalue weighted by molar-refractivity contribution is 0.106. The van der Waals surface area contributed by atoms with Crippen LogP contribution in [0.15, 0.2) is 28.8 Å². The molecule has 7 nitrogen and oxygen atoms in total. The van der Waals surface area contributed by atoms with Gasteiger partial charge in [-0.25, -0.2) is 9.97 Å². The van der Waals surface area contributed by atoms with Crippen LogP contribution in [0.2, 0.25) is 0 Å². The second-order valence-electron chi connectivity index (χ2n) is 7.15. The second kappa shape index (κ2) is 9.39. The summed E-state index contributed by atoms with van der Waals surface area (Å²) in [5.74, 6) is 0.839. The number of thiazole rings is 1. The van der Waals surface area contributed by atoms with Crippen LogP contribution in [0, 0.1) is 5.92 Å². The van der Waals surface area contributed by atoms with Crippen LogP contribution in [0.1, 0.15) is 30.0 Å². The molecule has 0 spiro atoms. The van der Waals surface area contributed by atoms with E-state index in [1.165, 1.54) is 19.3 Å². The van der Waals surface area contributed by atoms with Gasteiger partial charge in [-0.3, -0.25) is 0 Å². The highest BCUT2D eigenvalue weighted by Crippen LogP contribution is 2.27. The summed E-state index contributed by atoms with van der Waals surface area (Å²) in [6.45, 7) is 2.18. The van der Waals surface area contributed by atoms with Gasteiger partial charge < -0.3 is 24.3 Å². The molecule has 3 heterocycles. The van der Waals surface area contributed by atoms with E-state index in [4.69, 9.17) is 19.4 Å². The summed E-state index contributed by atoms with van der Waals surface area (Å²) in [4.78, 5) is 12.4. The lowest BCUT2D eigenvalue weighted by Crippen LogP contribution is -2.29. The number of hydrogen-bond donors (Lipinski definition) is 2. The third-order valence-electron chi connectivity index (χ3n) is 4.91. The van der Waals surface area contributed by atoms with Crippen LogP contribution in [0.4, 0.5) is 5.13 Å². The highest BCUT2D eigenvalue weighted by atomic mass is 32.1. The molecule has 1 saturated heterocycles. The van der Waals surface area contributed by atoms with Crippen LogP contribution in [-0.2, 0) is 0 Å². The maximum absolute atomic E-state index is 9.13. The van der Waals surface area contributed by atoms with Crippen LogP contribution < -0.4 is 9.64 Å². The van der Waals surface area contributed by atoms with E-state index in [1.807, 2.05) is 24.4 Å². The van der Waals surface area contributed by atoms with Gasteiger partial charge in [-0.05, 0) is 37.5 Å². The first-order valence-electron chi connectivity index (χ1n) is 9.89. The summed E-state index contributed by atoms with van der Waals surface area (Å²) in [6, 6.07) is 5.41. The lowest BCUT2D eigenvalue weighted by atomic mass is 10.1. The smallest absolute Gasteiger partial charge is 0.220 e. The minimum atomic E-state index is -0.298. The Morgan fingerprint density at radius 3 is 2.79 bits per heavy atom. The summed E-state index contributed by atoms with van der Waals surface area (Å²) < 4.78 is 11.4. The average molecular weight is 416 g/mol. The molecule has 0 amide bonds. The number of aliphatic hydroxyl groups excluding tert-OH is 2. The van der Waals surface area contributed by atoms with Gasteiger partial charge in [0.05, 0.1) is 19.8 Å². The third-order valence-corrected chi connectivity index (χ3v) is 5.93. The minimum Gasteiger partial charge on any atom is -0.493 e. The van der Waals surface area contributed by atoms with Crippen molar-refractivity contribution in [2.75, 3.05) is 37.8 Å². The highest BCUT2D eigenvalue weighted by Gasteiger charge is 2.14. The zero-order valence-electron chi connectivity index (χ0n) is 16.2. The predicted octanol–water partition coefficient (Wildman–Crippen LogP) is 3.42. The molecule has 0 aliphatic carbocycles. The van der Waals surface area contributed by atoms with Gasteiger partial charge in [-0.15, -0.1) is 0 Å². The van der Waals surface area contributed by atoms with E-state index in [0.717, 1.165) is 28.6 Å². The number of ether oxygens (including phenoxy) is 1. The molecule has 4 rings (SSSR count). The topological polar surface area (TPSA) is 91.8 Å². The largest absolute Gasteiger partial charge is 0.493 e. The van der Waals surface area contributed by atoms with Crippen molar-refractivity contribution in [3.63, 3.8) is 0 Å². The summed E-state index contributed by atoms with van der Waals surface area (Å²) in [5.41, 5.74) is 1.38. The standard InChI is InChI=1S/C21H25N3O4S/c25-12-15(13-26)14-27-16-4-6-18-19(10-16)28-20(23-18)7-5-17-11-22-21(29-17)24-8-2-1-3-9-24/h4-7,10-11,15,25-26H,1-3,8-9,12-14H2. The van der Waals surface area contributed by atoms with Crippen LogP contribution in [0.25, 0.3) is 23.3 Å². The molecule has 0 saturated carbocycles. The van der Waals surface area contributed by atoms with E-state index < -0.39 is 0 Å². The van der Waals surface area contributed by atoms with E-state index >= 15 is 0 Å². The Hall–Kier alpha value is -2.42. The monoisotopic (exact) mass is 415 g/mol. The van der Waals surface area contributed by atoms with Crippen molar-refractivity contribution >= 4 is 39.7 Å². The van der Waals surface area contributed by atoms with Crippen molar-refractivity contribution in [1.29, 1.82) is 0 Å². The first-order valence-corrected chi connectivity index (χ1v) is 10.7. The van der Waals surface area contributed by atoms with Gasteiger partial charge >= 0.3 is 0 Å². The number of rotatable bonds is 8. The van der Waals surface area contributed by atoms with Crippen molar-refractivity contribution in [3.05, 3.63) is 35.2 Å². The van der Waals surface area contributed by atoms with Gasteiger partial charge in [0, 0.05) is 42.2 Å². The Morgan fingerprint density at radius 1 is 1.17 bits per heavy atom. The Bertz CT molecular complexity index is 958. The maximum Gasteiger partial charge on any atom is 0.220 e. The number of hydrogen-bond acceptors (Lipinski definition) is 8. The molecule has 1 aliphatic rings. The molecular weight excluding hydrogens is 390 g/mol. The quantitative estimate of drug-likeness (QED) is 0.582. The Morgan fingerprint density at radius 2 is 2.00 bits per heavy atom. The highest BCUT2D eigenvalue weighted by molar-refractivity contribution is 7.16. The molecule has 0 atom stereocenters. The number of anilines is 1. The normalized spacial score (nSPS) is 15.1. The fourth-order valence-electron chi connectivity index (χ4n) is 3.20. The average Bonchev–Trinajstić information content (AvgIpc) is 3.40. The first-order chi connectivity index (χ1) is 14.2. The molecule has 0 bridgehead atoms. The Labute approximate surface area is 173 Å². The van der Waals surface area contributed by atoms with Gasteiger partial charge in [-0.2, -0.15) is 0 Å². The number of fused-ring (bicyclic) bond motifs is 1. The summed E-state index contributed by atoms with van der Waals surface area (Å²) >= 11 is 1.68. The van der Waals surface area contributed by atoms with Crippen molar-refractivity contribution in [3.8, 4) is 5.75 Å².